The van der Waals surface area contributed by atoms with Gasteiger partial charge >= 0.3 is 6.03 Å². The summed E-state index contributed by atoms with van der Waals surface area (Å²) in [6.07, 6.45) is 0.890. The van der Waals surface area contributed by atoms with Crippen LogP contribution in [0.3, 0.4) is 0 Å². The summed E-state index contributed by atoms with van der Waals surface area (Å²) in [6, 6.07) is 20.9. The molecule has 1 N–H and O–H groups in total. The highest BCUT2D eigenvalue weighted by Gasteiger charge is 2.61. The summed E-state index contributed by atoms with van der Waals surface area (Å²) in [7, 11) is 0. The molecule has 0 spiro atoms. The molecule has 0 radical (unpaired) electrons. The Bertz CT molecular complexity index is 1630. The molecule has 212 valence electrons. The van der Waals surface area contributed by atoms with Crippen LogP contribution in [0.15, 0.2) is 66.7 Å². The van der Waals surface area contributed by atoms with E-state index in [1.54, 1.807) is 17.0 Å². The van der Waals surface area contributed by atoms with Crippen LogP contribution in [0.5, 0.6) is 17.2 Å². The van der Waals surface area contributed by atoms with Gasteiger partial charge in [0.2, 0.25) is 0 Å². The number of urea groups is 1. The zero-order valence-corrected chi connectivity index (χ0v) is 23.9. The third-order valence-corrected chi connectivity index (χ3v) is 8.07. The first-order valence-electron chi connectivity index (χ1n) is 14.3. The van der Waals surface area contributed by atoms with Crippen LogP contribution in [0.2, 0.25) is 0 Å². The number of benzene rings is 3. The van der Waals surface area contributed by atoms with Crippen molar-refractivity contribution in [2.45, 2.75) is 45.6 Å². The lowest BCUT2D eigenvalue weighted by Crippen LogP contribution is -2.50. The molecule has 3 heterocycles. The molecule has 4 aromatic rings. The number of para-hydroxylation sites is 3. The number of ether oxygens (including phenoxy) is 3. The Morgan fingerprint density at radius 2 is 1.61 bits per heavy atom. The maximum Gasteiger partial charge on any atom is 0.332 e. The molecule has 3 amide bonds. The number of rotatable bonds is 9. The maximum absolute atomic E-state index is 14.3. The number of nitrogens with one attached hydrogen (secondary N) is 1. The third-order valence-electron chi connectivity index (χ3n) is 8.07. The van der Waals surface area contributed by atoms with E-state index in [-0.39, 0.29) is 17.9 Å². The molecular formula is C33H35N3O5. The van der Waals surface area contributed by atoms with Gasteiger partial charge in [-0.15, -0.1) is 0 Å². The monoisotopic (exact) mass is 553 g/mol. The predicted octanol–water partition coefficient (Wildman–Crippen LogP) is 6.58. The molecule has 3 aromatic carbocycles. The summed E-state index contributed by atoms with van der Waals surface area (Å²) < 4.78 is 17.8. The van der Waals surface area contributed by atoms with Gasteiger partial charge in [-0.25, -0.2) is 9.69 Å². The van der Waals surface area contributed by atoms with E-state index in [1.807, 2.05) is 69.3 Å². The van der Waals surface area contributed by atoms with Gasteiger partial charge in [-0.3, -0.25) is 4.79 Å². The molecule has 6 rings (SSSR count). The number of fused-ring (bicyclic) bond motifs is 5. The van der Waals surface area contributed by atoms with Crippen molar-refractivity contribution in [3.8, 4) is 17.2 Å². The van der Waals surface area contributed by atoms with E-state index in [2.05, 4.69) is 18.0 Å². The lowest BCUT2D eigenvalue weighted by Gasteiger charge is -2.40. The van der Waals surface area contributed by atoms with Crippen LogP contribution in [0.4, 0.5) is 10.5 Å². The Kier molecular flexibility index (Phi) is 6.85. The van der Waals surface area contributed by atoms with Gasteiger partial charge in [-0.05, 0) is 68.7 Å². The van der Waals surface area contributed by atoms with Crippen molar-refractivity contribution in [2.75, 3.05) is 31.3 Å². The highest BCUT2D eigenvalue weighted by Crippen LogP contribution is 2.51. The average Bonchev–Trinajstić information content (AvgIpc) is 3.46. The highest BCUT2D eigenvalue weighted by molar-refractivity contribution is 6.24. The topological polar surface area (TPSA) is 84.1 Å². The average molecular weight is 554 g/mol. The van der Waals surface area contributed by atoms with Crippen molar-refractivity contribution >= 4 is 28.5 Å². The Labute approximate surface area is 239 Å². The SMILES string of the molecule is CCCOc1ccc([C@@H]2CN3C(=O)N(c4ccccc4OCC)C(=O)[C@]3(C)c3[nH]c4ccccc4c32)cc1OCC. The largest absolute Gasteiger partial charge is 0.492 e. The van der Waals surface area contributed by atoms with E-state index < -0.39 is 5.54 Å². The van der Waals surface area contributed by atoms with E-state index in [9.17, 15) is 9.59 Å². The molecule has 8 nitrogen and oxygen atoms in total. The molecule has 1 fully saturated rings. The molecule has 0 unspecified atom stereocenters. The van der Waals surface area contributed by atoms with Crippen molar-refractivity contribution in [1.82, 2.24) is 9.88 Å². The fourth-order valence-corrected chi connectivity index (χ4v) is 6.16. The summed E-state index contributed by atoms with van der Waals surface area (Å²) in [4.78, 5) is 35.0. The highest BCUT2D eigenvalue weighted by atomic mass is 16.5. The molecule has 2 atom stereocenters. The molecule has 2 aliphatic rings. The van der Waals surface area contributed by atoms with Gasteiger partial charge in [-0.1, -0.05) is 43.3 Å². The van der Waals surface area contributed by atoms with E-state index in [1.165, 1.54) is 4.90 Å². The number of amides is 3. The molecule has 8 heteroatoms. The van der Waals surface area contributed by atoms with Gasteiger partial charge < -0.3 is 24.1 Å². The number of aromatic amines is 1. The molecule has 0 saturated carbocycles. The number of hydrogen-bond acceptors (Lipinski definition) is 5. The van der Waals surface area contributed by atoms with Crippen LogP contribution in [-0.4, -0.2) is 48.2 Å². The second-order valence-corrected chi connectivity index (χ2v) is 10.5. The normalized spacial score (nSPS) is 19.9. The van der Waals surface area contributed by atoms with Gasteiger partial charge in [0.1, 0.15) is 5.75 Å². The van der Waals surface area contributed by atoms with E-state index in [0.29, 0.717) is 49.3 Å². The van der Waals surface area contributed by atoms with Crippen molar-refractivity contribution in [3.63, 3.8) is 0 Å². The quantitative estimate of drug-likeness (QED) is 0.237. The lowest BCUT2D eigenvalue weighted by atomic mass is 9.78. The molecule has 0 bridgehead atoms. The number of aromatic nitrogens is 1. The first-order chi connectivity index (χ1) is 19.9. The molecule has 0 aliphatic carbocycles. The molecular weight excluding hydrogens is 518 g/mol. The van der Waals surface area contributed by atoms with Gasteiger partial charge in [-0.2, -0.15) is 0 Å². The van der Waals surface area contributed by atoms with Crippen LogP contribution < -0.4 is 19.1 Å². The van der Waals surface area contributed by atoms with E-state index in [4.69, 9.17) is 14.2 Å². The molecule has 2 aliphatic heterocycles. The Balaban J connectivity index is 1.52. The van der Waals surface area contributed by atoms with Crippen LogP contribution in [-0.2, 0) is 10.3 Å². The second kappa shape index (κ2) is 10.5. The maximum atomic E-state index is 14.3. The number of hydrogen-bond donors (Lipinski definition) is 1. The van der Waals surface area contributed by atoms with Gasteiger partial charge in [0.25, 0.3) is 5.91 Å². The summed E-state index contributed by atoms with van der Waals surface area (Å²) in [5.74, 6) is 1.36. The van der Waals surface area contributed by atoms with Crippen molar-refractivity contribution in [2.24, 2.45) is 0 Å². The first-order valence-corrected chi connectivity index (χ1v) is 14.3. The van der Waals surface area contributed by atoms with Crippen molar-refractivity contribution < 1.29 is 23.8 Å². The summed E-state index contributed by atoms with van der Waals surface area (Å²) in [5.41, 5.74) is 2.89. The smallest absolute Gasteiger partial charge is 0.332 e. The number of nitrogens with zero attached hydrogens (tertiary/aromatic N) is 2. The van der Waals surface area contributed by atoms with Gasteiger partial charge in [0, 0.05) is 23.4 Å². The fourth-order valence-electron chi connectivity index (χ4n) is 6.16. The molecule has 1 saturated heterocycles. The zero-order chi connectivity index (χ0) is 28.7. The lowest BCUT2D eigenvalue weighted by molar-refractivity contribution is -0.125. The van der Waals surface area contributed by atoms with E-state index >= 15 is 0 Å². The summed E-state index contributed by atoms with van der Waals surface area (Å²) in [5, 5.41) is 1.03. The Hall–Kier alpha value is -4.46. The Morgan fingerprint density at radius 1 is 0.878 bits per heavy atom. The number of carbonyl (C=O) groups excluding carboxylic acids is 2. The standard InChI is InChI=1S/C33H35N3O5/c1-5-18-41-27-17-16-21(19-28(27)40-7-3)23-20-35-32(38)36(25-14-10-11-15-26(25)39-6-2)31(37)33(35,4)30-29(23)22-12-8-9-13-24(22)34-30/h8-17,19,23,34H,5-7,18,20H2,1-4H3/t23-,33-/m0/s1. The number of imide groups is 1. The summed E-state index contributed by atoms with van der Waals surface area (Å²) in [6.45, 7) is 9.57. The van der Waals surface area contributed by atoms with Crippen LogP contribution in [0, 0.1) is 0 Å². The van der Waals surface area contributed by atoms with Gasteiger partial charge in [0.15, 0.2) is 17.0 Å². The Morgan fingerprint density at radius 3 is 2.39 bits per heavy atom. The van der Waals surface area contributed by atoms with E-state index in [0.717, 1.165) is 34.1 Å². The zero-order valence-electron chi connectivity index (χ0n) is 23.9. The number of anilines is 1. The van der Waals surface area contributed by atoms with Crippen LogP contribution in [0.1, 0.15) is 56.9 Å². The minimum absolute atomic E-state index is 0.201. The second-order valence-electron chi connectivity index (χ2n) is 10.5. The van der Waals surface area contributed by atoms with Crippen LogP contribution >= 0.6 is 0 Å². The molecule has 1 aromatic heterocycles. The summed E-state index contributed by atoms with van der Waals surface area (Å²) >= 11 is 0. The van der Waals surface area contributed by atoms with Crippen molar-refractivity contribution in [3.05, 3.63) is 83.6 Å². The minimum atomic E-state index is -1.21. The molecule has 41 heavy (non-hydrogen) atoms. The third kappa shape index (κ3) is 4.12. The van der Waals surface area contributed by atoms with Gasteiger partial charge in [0.05, 0.1) is 31.2 Å². The van der Waals surface area contributed by atoms with Crippen molar-refractivity contribution in [1.29, 1.82) is 0 Å². The number of H-pyrrole nitrogens is 1. The predicted molar refractivity (Wildman–Crippen MR) is 158 cm³/mol. The van der Waals surface area contributed by atoms with Crippen LogP contribution in [0.25, 0.3) is 10.9 Å². The fraction of sp³-hybridized carbons (Fsp3) is 0.333. The first kappa shape index (κ1) is 26.7. The number of carbonyl (C=O) groups is 2. The minimum Gasteiger partial charge on any atom is -0.492 e.